The largest absolute Gasteiger partial charge is 0.480 e. The smallest absolute Gasteiger partial charge is 0.437 e. The molecule has 13 heteroatoms. The lowest BCUT2D eigenvalue weighted by molar-refractivity contribution is -0.196. The summed E-state index contributed by atoms with van der Waals surface area (Å²) in [4.78, 5) is 56.1. The maximum absolute atomic E-state index is 12.1. The monoisotopic (exact) mass is 399 g/mol. The molecule has 1 amide bonds. The molecule has 0 fully saturated rings. The van der Waals surface area contributed by atoms with Crippen LogP contribution in [0.5, 0.6) is 0 Å². The first-order valence-corrected chi connectivity index (χ1v) is 8.76. The first-order chi connectivity index (χ1) is 11.8. The molecule has 2 N–H and O–H groups in total. The fourth-order valence-corrected chi connectivity index (χ4v) is 1.99. The molecule has 0 aliphatic heterocycles. The fourth-order valence-electron chi connectivity index (χ4n) is 1.24. The number of carbonyl (C=O) groups is 4. The lowest BCUT2D eigenvalue weighted by Gasteiger charge is -2.26. The summed E-state index contributed by atoms with van der Waals surface area (Å²) in [5, 5.41) is 8.76. The minimum atomic E-state index is -4.88. The zero-order valence-electron chi connectivity index (χ0n) is 15.0. The third-order valence-corrected chi connectivity index (χ3v) is 3.94. The Kier molecular flexibility index (Phi) is 8.71. The zero-order valence-corrected chi connectivity index (χ0v) is 15.8. The Balaban J connectivity index is 5.53. The summed E-state index contributed by atoms with van der Waals surface area (Å²) in [6, 6.07) is 0. The van der Waals surface area contributed by atoms with Gasteiger partial charge in [-0.1, -0.05) is 0 Å². The molecule has 150 valence electrons. The standard InChI is InChI=1S/C13H22NO11P/c1-6-23-9(17)10(24-11(18)13(2,3)4)25-12(19)14(7-8(15)16)26(20,21)22-5/h10H,6-7H2,1-5H3,(H,15,16)(H,20,21). The number of carboxylic acids is 1. The molecule has 0 spiro atoms. The summed E-state index contributed by atoms with van der Waals surface area (Å²) < 4.78 is 29.8. The molecule has 0 heterocycles. The quantitative estimate of drug-likeness (QED) is 0.335. The molecule has 0 rings (SSSR count). The van der Waals surface area contributed by atoms with Crippen molar-refractivity contribution in [2.75, 3.05) is 20.3 Å². The van der Waals surface area contributed by atoms with Gasteiger partial charge in [-0.15, -0.1) is 0 Å². The minimum Gasteiger partial charge on any atom is -0.480 e. The summed E-state index contributed by atoms with van der Waals surface area (Å²) >= 11 is 0. The van der Waals surface area contributed by atoms with Gasteiger partial charge in [0.2, 0.25) is 0 Å². The Morgan fingerprint density at radius 2 is 1.69 bits per heavy atom. The molecule has 0 saturated carbocycles. The number of rotatable bonds is 8. The lowest BCUT2D eigenvalue weighted by atomic mass is 9.97. The fraction of sp³-hybridized carbons (Fsp3) is 0.692. The van der Waals surface area contributed by atoms with Gasteiger partial charge in [0.15, 0.2) is 0 Å². The predicted molar refractivity (Wildman–Crippen MR) is 83.6 cm³/mol. The van der Waals surface area contributed by atoms with Crippen LogP contribution in [0.1, 0.15) is 27.7 Å². The summed E-state index contributed by atoms with van der Waals surface area (Å²) in [6.45, 7) is 4.40. The number of carbonyl (C=O) groups excluding carboxylic acids is 3. The van der Waals surface area contributed by atoms with Gasteiger partial charge in [0, 0.05) is 7.11 Å². The third-order valence-electron chi connectivity index (χ3n) is 2.55. The summed E-state index contributed by atoms with van der Waals surface area (Å²) in [7, 11) is -4.12. The van der Waals surface area contributed by atoms with Crippen molar-refractivity contribution in [3.63, 3.8) is 0 Å². The van der Waals surface area contributed by atoms with E-state index in [1.165, 1.54) is 27.7 Å². The van der Waals surface area contributed by atoms with Gasteiger partial charge in [-0.05, 0) is 27.7 Å². The molecule has 0 aliphatic carbocycles. The molecule has 26 heavy (non-hydrogen) atoms. The Morgan fingerprint density at radius 3 is 2.08 bits per heavy atom. The Bertz CT molecular complexity index is 597. The van der Waals surface area contributed by atoms with E-state index in [0.29, 0.717) is 0 Å². The number of hydrogen-bond acceptors (Lipinski definition) is 9. The van der Waals surface area contributed by atoms with E-state index in [1.807, 2.05) is 0 Å². The first kappa shape index (κ1) is 23.8. The molecule has 2 unspecified atom stereocenters. The zero-order chi connectivity index (χ0) is 20.7. The highest BCUT2D eigenvalue weighted by Gasteiger charge is 2.40. The van der Waals surface area contributed by atoms with Crippen LogP contribution < -0.4 is 0 Å². The Labute approximate surface area is 149 Å². The van der Waals surface area contributed by atoms with Crippen molar-refractivity contribution in [3.05, 3.63) is 0 Å². The van der Waals surface area contributed by atoms with Crippen molar-refractivity contribution in [3.8, 4) is 0 Å². The maximum Gasteiger partial charge on any atom is 0.437 e. The van der Waals surface area contributed by atoms with Crippen LogP contribution in [0.15, 0.2) is 0 Å². The van der Waals surface area contributed by atoms with E-state index in [4.69, 9.17) is 9.84 Å². The van der Waals surface area contributed by atoms with Gasteiger partial charge in [0.25, 0.3) is 0 Å². The van der Waals surface area contributed by atoms with Gasteiger partial charge in [-0.25, -0.2) is 18.8 Å². The van der Waals surface area contributed by atoms with Gasteiger partial charge in [0.1, 0.15) is 6.54 Å². The molecule has 0 aromatic carbocycles. The number of nitrogens with zero attached hydrogens (tertiary/aromatic N) is 1. The van der Waals surface area contributed by atoms with Gasteiger partial charge in [-0.2, -0.15) is 0 Å². The number of ether oxygens (including phenoxy) is 3. The third kappa shape index (κ3) is 7.38. The highest BCUT2D eigenvalue weighted by molar-refractivity contribution is 7.51. The second kappa shape index (κ2) is 9.51. The number of amides is 1. The van der Waals surface area contributed by atoms with Gasteiger partial charge >= 0.3 is 38.0 Å². The van der Waals surface area contributed by atoms with Gasteiger partial charge in [0.05, 0.1) is 12.0 Å². The molecular formula is C13H22NO11P. The lowest BCUT2D eigenvalue weighted by Crippen LogP contribution is -2.42. The van der Waals surface area contributed by atoms with Crippen LogP contribution in [0.3, 0.4) is 0 Å². The average Bonchev–Trinajstić information content (AvgIpc) is 2.50. The minimum absolute atomic E-state index is 0.143. The van der Waals surface area contributed by atoms with E-state index in [1.54, 1.807) is 0 Å². The SMILES string of the molecule is CCOC(=O)C(OC(=O)N(CC(=O)O)P(=O)(O)OC)OC(=O)C(C)(C)C. The Hall–Kier alpha value is -2.17. The van der Waals surface area contributed by atoms with E-state index in [2.05, 4.69) is 14.0 Å². The van der Waals surface area contributed by atoms with E-state index >= 15 is 0 Å². The van der Waals surface area contributed by atoms with Crippen LogP contribution >= 0.6 is 7.75 Å². The van der Waals surface area contributed by atoms with Crippen molar-refractivity contribution >= 4 is 31.7 Å². The second-order valence-corrected chi connectivity index (χ2v) is 7.58. The van der Waals surface area contributed by atoms with Crippen LogP contribution in [0.4, 0.5) is 4.79 Å². The number of esters is 2. The second-order valence-electron chi connectivity index (χ2n) is 5.75. The molecule has 12 nitrogen and oxygen atoms in total. The van der Waals surface area contributed by atoms with Crippen molar-refractivity contribution in [2.45, 2.75) is 34.0 Å². The average molecular weight is 399 g/mol. The summed E-state index contributed by atoms with van der Waals surface area (Å²) in [5.41, 5.74) is -1.07. The van der Waals surface area contributed by atoms with Crippen LogP contribution in [0.2, 0.25) is 0 Å². The highest BCUT2D eigenvalue weighted by Crippen LogP contribution is 2.45. The van der Waals surface area contributed by atoms with E-state index in [9.17, 15) is 28.6 Å². The van der Waals surface area contributed by atoms with E-state index in [-0.39, 0.29) is 11.3 Å². The molecule has 2 atom stereocenters. The molecule has 0 bridgehead atoms. The summed E-state index contributed by atoms with van der Waals surface area (Å²) in [6.07, 6.45) is -3.94. The van der Waals surface area contributed by atoms with E-state index < -0.39 is 50.0 Å². The van der Waals surface area contributed by atoms with Crippen molar-refractivity contribution in [2.24, 2.45) is 5.41 Å². The first-order valence-electron chi connectivity index (χ1n) is 7.23. The topological polar surface area (TPSA) is 166 Å². The normalized spacial score (nSPS) is 14.5. The number of aliphatic carboxylic acids is 1. The molecule has 0 saturated heterocycles. The highest BCUT2D eigenvalue weighted by atomic mass is 31.2. The summed E-state index contributed by atoms with van der Waals surface area (Å²) in [5.74, 6) is -3.86. The van der Waals surface area contributed by atoms with Crippen molar-refractivity contribution < 1.29 is 52.5 Å². The molecular weight excluding hydrogens is 377 g/mol. The van der Waals surface area contributed by atoms with Crippen LogP contribution in [0.25, 0.3) is 0 Å². The molecule has 0 aromatic heterocycles. The van der Waals surface area contributed by atoms with Crippen molar-refractivity contribution in [1.82, 2.24) is 4.67 Å². The van der Waals surface area contributed by atoms with E-state index in [0.717, 1.165) is 7.11 Å². The number of carboxylic acid groups (broad SMARTS) is 1. The van der Waals surface area contributed by atoms with Gasteiger partial charge < -0.3 is 24.2 Å². The van der Waals surface area contributed by atoms with Crippen LogP contribution in [0, 0.1) is 5.41 Å². The predicted octanol–water partition coefficient (Wildman–Crippen LogP) is 0.735. The molecule has 0 aliphatic rings. The van der Waals surface area contributed by atoms with Crippen LogP contribution in [-0.2, 0) is 37.7 Å². The van der Waals surface area contributed by atoms with Gasteiger partial charge in [-0.3, -0.25) is 14.1 Å². The molecule has 0 radical (unpaired) electrons. The number of hydrogen-bond donors (Lipinski definition) is 2. The maximum atomic E-state index is 12.1. The van der Waals surface area contributed by atoms with Crippen molar-refractivity contribution in [1.29, 1.82) is 0 Å². The van der Waals surface area contributed by atoms with Crippen LogP contribution in [-0.4, -0.2) is 65.2 Å². The molecule has 0 aromatic rings. The Morgan fingerprint density at radius 1 is 1.15 bits per heavy atom.